The Morgan fingerprint density at radius 3 is 1.60 bits per heavy atom. The van der Waals surface area contributed by atoms with Crippen molar-refractivity contribution in [3.05, 3.63) is 70.3 Å². The van der Waals surface area contributed by atoms with Gasteiger partial charge in [-0.25, -0.2) is 19.1 Å². The molecule has 2 N–H and O–H groups in total. The maximum atomic E-state index is 13.2. The number of carbonyl (C=O) groups is 2. The van der Waals surface area contributed by atoms with E-state index in [1.54, 1.807) is 0 Å². The summed E-state index contributed by atoms with van der Waals surface area (Å²) in [5.41, 5.74) is -3.58. The lowest BCUT2D eigenvalue weighted by Crippen LogP contribution is -2.21. The third-order valence-electron chi connectivity index (χ3n) is 3.36. The van der Waals surface area contributed by atoms with Gasteiger partial charge in [0.1, 0.15) is 11.6 Å². The Morgan fingerprint density at radius 1 is 0.833 bits per heavy atom. The van der Waals surface area contributed by atoms with Gasteiger partial charge in [0.05, 0.1) is 29.4 Å². The summed E-state index contributed by atoms with van der Waals surface area (Å²) >= 11 is 0. The van der Waals surface area contributed by atoms with Gasteiger partial charge in [0.25, 0.3) is 5.91 Å². The fourth-order valence-corrected chi connectivity index (χ4v) is 2.01. The third-order valence-corrected chi connectivity index (χ3v) is 3.36. The van der Waals surface area contributed by atoms with E-state index in [1.165, 1.54) is 0 Å². The molecule has 0 saturated heterocycles. The van der Waals surface area contributed by atoms with Crippen LogP contribution in [0.15, 0.2) is 36.4 Å². The lowest BCUT2D eigenvalue weighted by molar-refractivity contribution is -0.140. The molecule has 0 spiro atoms. The molecule has 0 aliphatic carbocycles. The van der Waals surface area contributed by atoms with Crippen LogP contribution < -0.4 is 5.48 Å². The van der Waals surface area contributed by atoms with Gasteiger partial charge in [0.2, 0.25) is 0 Å². The molecule has 30 heavy (non-hydrogen) atoms. The lowest BCUT2D eigenvalue weighted by Gasteiger charge is -2.09. The van der Waals surface area contributed by atoms with Crippen molar-refractivity contribution < 1.29 is 54.7 Å². The second-order valence-electron chi connectivity index (χ2n) is 5.26. The summed E-state index contributed by atoms with van der Waals surface area (Å²) in [4.78, 5) is 21.6. The molecule has 0 unspecified atom stereocenters. The number of hydrogen-bond donors (Lipinski definition) is 2. The zero-order valence-corrected chi connectivity index (χ0v) is 14.7. The molecule has 0 radical (unpaired) electrons. The van der Waals surface area contributed by atoms with Crippen LogP contribution in [0.25, 0.3) is 0 Å². The predicted octanol–water partition coefficient (Wildman–Crippen LogP) is 4.59. The monoisotopic (exact) mass is 445 g/mol. The molecule has 2 rings (SSSR count). The normalized spacial score (nSPS) is 11.3. The van der Waals surface area contributed by atoms with E-state index >= 15 is 0 Å². The van der Waals surface area contributed by atoms with Crippen LogP contribution in [-0.2, 0) is 17.1 Å². The zero-order chi connectivity index (χ0) is 23.3. The lowest BCUT2D eigenvalue weighted by atomic mass is 10.1. The average molecular weight is 445 g/mol. The molecule has 13 heteroatoms. The van der Waals surface area contributed by atoms with Crippen LogP contribution in [0.2, 0.25) is 0 Å². The fraction of sp³-hybridized carbons (Fsp3) is 0.176. The minimum absolute atomic E-state index is 0.503. The van der Waals surface area contributed by atoms with Crippen molar-refractivity contribution in [2.24, 2.45) is 0 Å². The van der Waals surface area contributed by atoms with Crippen LogP contribution in [0.3, 0.4) is 0 Å². The van der Waals surface area contributed by atoms with Crippen molar-refractivity contribution in [1.29, 1.82) is 0 Å². The number of ether oxygens (including phenoxy) is 1. The Hall–Kier alpha value is -3.22. The second-order valence-corrected chi connectivity index (χ2v) is 5.26. The van der Waals surface area contributed by atoms with Gasteiger partial charge in [-0.05, 0) is 24.3 Å². The molecule has 0 atom stereocenters. The number of benzene rings is 2. The largest absolute Gasteiger partial charge is 0.465 e. The molecule has 0 aliphatic heterocycles. The van der Waals surface area contributed by atoms with Gasteiger partial charge in [-0.3, -0.25) is 10.0 Å². The fourth-order valence-electron chi connectivity index (χ4n) is 2.01. The van der Waals surface area contributed by atoms with Crippen molar-refractivity contribution in [3.8, 4) is 0 Å². The van der Waals surface area contributed by atoms with Crippen LogP contribution in [-0.4, -0.2) is 24.2 Å². The number of amides is 1. The first-order chi connectivity index (χ1) is 13.8. The molecule has 5 nitrogen and oxygen atoms in total. The number of nitrogens with one attached hydrogen (secondary N) is 1. The summed E-state index contributed by atoms with van der Waals surface area (Å²) in [6.07, 6.45) is -9.70. The number of esters is 1. The smallest absolute Gasteiger partial charge is 0.419 e. The maximum absolute atomic E-state index is 13.2. The highest BCUT2D eigenvalue weighted by atomic mass is 19.4. The number of rotatable bonds is 2. The highest BCUT2D eigenvalue weighted by molar-refractivity contribution is 5.93. The van der Waals surface area contributed by atoms with E-state index in [1.807, 2.05) is 0 Å². The molecule has 2 aromatic carbocycles. The van der Waals surface area contributed by atoms with Gasteiger partial charge < -0.3 is 4.74 Å². The Morgan fingerprint density at radius 2 is 1.23 bits per heavy atom. The highest BCUT2D eigenvalue weighted by Crippen LogP contribution is 2.33. The van der Waals surface area contributed by atoms with Gasteiger partial charge in [-0.1, -0.05) is 12.1 Å². The average Bonchev–Trinajstić information content (AvgIpc) is 2.65. The van der Waals surface area contributed by atoms with E-state index < -0.39 is 58.1 Å². The summed E-state index contributed by atoms with van der Waals surface area (Å²) in [6, 6.07) is 4.63. The van der Waals surface area contributed by atoms with Crippen molar-refractivity contribution in [1.82, 2.24) is 5.48 Å². The molecule has 2 aromatic rings. The van der Waals surface area contributed by atoms with Gasteiger partial charge >= 0.3 is 18.3 Å². The summed E-state index contributed by atoms with van der Waals surface area (Å²) in [5, 5.41) is 8.16. The minimum Gasteiger partial charge on any atom is -0.465 e. The Bertz CT molecular complexity index is 849. The van der Waals surface area contributed by atoms with E-state index in [9.17, 15) is 44.7 Å². The molecule has 0 aromatic heterocycles. The van der Waals surface area contributed by atoms with Crippen molar-refractivity contribution in [2.75, 3.05) is 7.11 Å². The van der Waals surface area contributed by atoms with Crippen molar-refractivity contribution >= 4 is 11.9 Å². The topological polar surface area (TPSA) is 75.6 Å². The second kappa shape index (κ2) is 9.52. The van der Waals surface area contributed by atoms with Crippen LogP contribution >= 0.6 is 0 Å². The molecule has 164 valence electrons. The number of methoxy groups -OCH3 is 1. The molecule has 0 heterocycles. The first-order valence-corrected chi connectivity index (χ1v) is 7.49. The van der Waals surface area contributed by atoms with E-state index in [0.29, 0.717) is 12.1 Å². The van der Waals surface area contributed by atoms with Crippen LogP contribution in [0.4, 0.5) is 35.1 Å². The minimum atomic E-state index is -4.88. The maximum Gasteiger partial charge on any atom is 0.419 e. The molecule has 1 amide bonds. The van der Waals surface area contributed by atoms with E-state index in [2.05, 4.69) is 4.74 Å². The van der Waals surface area contributed by atoms with Crippen molar-refractivity contribution in [3.63, 3.8) is 0 Å². The van der Waals surface area contributed by atoms with E-state index in [-0.39, 0.29) is 0 Å². The van der Waals surface area contributed by atoms with Gasteiger partial charge in [-0.2, -0.15) is 26.3 Å². The van der Waals surface area contributed by atoms with Crippen LogP contribution in [0, 0.1) is 11.6 Å². The van der Waals surface area contributed by atoms with Crippen molar-refractivity contribution in [2.45, 2.75) is 12.4 Å². The Balaban J connectivity index is 0.000000300. The highest BCUT2D eigenvalue weighted by Gasteiger charge is 2.36. The predicted molar refractivity (Wildman–Crippen MR) is 83.4 cm³/mol. The molecule has 0 saturated carbocycles. The number of carbonyl (C=O) groups excluding carboxylic acids is 2. The summed E-state index contributed by atoms with van der Waals surface area (Å²) < 4.78 is 104. The molecule has 0 fully saturated rings. The number of halogens is 8. The summed E-state index contributed by atoms with van der Waals surface area (Å²) in [5.74, 6) is -5.80. The van der Waals surface area contributed by atoms with Crippen LogP contribution in [0.1, 0.15) is 31.8 Å². The first kappa shape index (κ1) is 24.8. The molecule has 0 bridgehead atoms. The number of hydroxylamine groups is 1. The SMILES string of the molecule is COC(=O)c1cccc(C(F)(F)F)c1F.O=C(NO)c1cccc(C(F)(F)F)c1F. The number of alkyl halides is 6. The Kier molecular flexibility index (Phi) is 7.87. The summed E-state index contributed by atoms with van der Waals surface area (Å²) in [6.45, 7) is 0. The number of hydrogen-bond acceptors (Lipinski definition) is 4. The van der Waals surface area contributed by atoms with E-state index in [4.69, 9.17) is 5.21 Å². The Labute approximate surface area is 162 Å². The standard InChI is InChI=1S/C9H6F4O2.C8H5F4NO2/c1-15-8(14)5-3-2-4-6(7(5)10)9(11,12)13;9-6-4(7(14)13-15)2-1-3-5(6)8(10,11)12/h2-4H,1H3;1-3,15H,(H,13,14). The van der Waals surface area contributed by atoms with Gasteiger partial charge in [-0.15, -0.1) is 0 Å². The zero-order valence-electron chi connectivity index (χ0n) is 14.7. The first-order valence-electron chi connectivity index (χ1n) is 7.49. The quantitative estimate of drug-likeness (QED) is 0.307. The third kappa shape index (κ3) is 5.89. The van der Waals surface area contributed by atoms with E-state index in [0.717, 1.165) is 36.9 Å². The van der Waals surface area contributed by atoms with Gasteiger partial charge in [0.15, 0.2) is 0 Å². The molecular weight excluding hydrogens is 434 g/mol. The summed E-state index contributed by atoms with van der Waals surface area (Å²) in [7, 11) is 0.960. The molecular formula is C17H11F8NO4. The van der Waals surface area contributed by atoms with Crippen LogP contribution in [0.5, 0.6) is 0 Å². The van der Waals surface area contributed by atoms with Gasteiger partial charge in [0, 0.05) is 0 Å². The molecule has 0 aliphatic rings.